The van der Waals surface area contributed by atoms with E-state index in [1.807, 2.05) is 0 Å². The van der Waals surface area contributed by atoms with Crippen LogP contribution >= 0.6 is 11.8 Å². The minimum atomic E-state index is -0.803. The normalized spacial score (nSPS) is 13.2. The summed E-state index contributed by atoms with van der Waals surface area (Å²) in [6.07, 6.45) is 1.46. The Balaban J connectivity index is 1.37. The molecule has 9 nitrogen and oxygen atoms in total. The van der Waals surface area contributed by atoms with Crippen LogP contribution in [0.1, 0.15) is 20.7 Å². The van der Waals surface area contributed by atoms with Crippen LogP contribution in [-0.4, -0.2) is 38.8 Å². The van der Waals surface area contributed by atoms with E-state index in [1.165, 1.54) is 18.4 Å². The molecule has 26 heavy (non-hydrogen) atoms. The van der Waals surface area contributed by atoms with Crippen LogP contribution < -0.4 is 0 Å². The Morgan fingerprint density at radius 1 is 1.08 bits per heavy atom. The molecule has 0 unspecified atom stereocenters. The Morgan fingerprint density at radius 3 is 2.46 bits per heavy atom. The Morgan fingerprint density at radius 2 is 1.81 bits per heavy atom. The summed E-state index contributed by atoms with van der Waals surface area (Å²) < 4.78 is 10.5. The molecule has 0 N–H and O–H groups in total. The number of furan rings is 1. The molecule has 0 aliphatic carbocycles. The van der Waals surface area contributed by atoms with Crippen LogP contribution in [0.4, 0.5) is 0 Å². The van der Waals surface area contributed by atoms with Crippen molar-refractivity contribution in [2.45, 2.75) is 5.22 Å². The molecule has 4 rings (SSSR count). The fourth-order valence-electron chi connectivity index (χ4n) is 2.27. The third-order valence-corrected chi connectivity index (χ3v) is 4.19. The zero-order chi connectivity index (χ0) is 18.1. The SMILES string of the molecule is O=C(CSc1nnc(-c2ccco2)o1)ON1C(=O)c2ccccc2C1=O. The number of hydrogen-bond donors (Lipinski definition) is 0. The molecule has 0 bridgehead atoms. The second kappa shape index (κ2) is 6.48. The maximum atomic E-state index is 12.1. The second-order valence-electron chi connectivity index (χ2n) is 5.05. The molecule has 3 aromatic rings. The molecule has 130 valence electrons. The average Bonchev–Trinajstić information content (AvgIpc) is 3.38. The Bertz CT molecular complexity index is 962. The molecule has 2 aromatic heterocycles. The minimum absolute atomic E-state index is 0.121. The zero-order valence-electron chi connectivity index (χ0n) is 12.9. The van der Waals surface area contributed by atoms with Gasteiger partial charge in [-0.05, 0) is 24.3 Å². The standard InChI is InChI=1S/C16H9N3O6S/c20-12(8-26-16-18-17-13(24-16)11-6-3-7-23-11)25-19-14(21)9-4-1-2-5-10(9)15(19)22/h1-7H,8H2. The molecule has 1 aliphatic heterocycles. The molecule has 0 spiro atoms. The number of benzene rings is 1. The second-order valence-corrected chi connectivity index (χ2v) is 5.98. The van der Waals surface area contributed by atoms with Crippen molar-refractivity contribution in [3.05, 3.63) is 53.8 Å². The van der Waals surface area contributed by atoms with Crippen LogP contribution in [0, 0.1) is 0 Å². The smallest absolute Gasteiger partial charge is 0.343 e. The van der Waals surface area contributed by atoms with Gasteiger partial charge in [0.15, 0.2) is 5.76 Å². The summed E-state index contributed by atoms with van der Waals surface area (Å²) in [6, 6.07) is 9.55. The Labute approximate surface area is 149 Å². The van der Waals surface area contributed by atoms with E-state index in [4.69, 9.17) is 13.7 Å². The van der Waals surface area contributed by atoms with Crippen LogP contribution in [0.3, 0.4) is 0 Å². The number of hydroxylamine groups is 2. The number of hydrogen-bond acceptors (Lipinski definition) is 9. The number of carbonyl (C=O) groups excluding carboxylic acids is 3. The monoisotopic (exact) mass is 371 g/mol. The third-order valence-electron chi connectivity index (χ3n) is 3.40. The molecule has 0 saturated heterocycles. The van der Waals surface area contributed by atoms with E-state index in [9.17, 15) is 14.4 Å². The highest BCUT2D eigenvalue weighted by molar-refractivity contribution is 7.99. The maximum absolute atomic E-state index is 12.1. The van der Waals surface area contributed by atoms with Crippen molar-refractivity contribution >= 4 is 29.5 Å². The lowest BCUT2D eigenvalue weighted by Gasteiger charge is -2.11. The molecule has 1 aliphatic rings. The number of rotatable bonds is 5. The van der Waals surface area contributed by atoms with Gasteiger partial charge in [0.05, 0.1) is 17.4 Å². The topological polar surface area (TPSA) is 116 Å². The summed E-state index contributed by atoms with van der Waals surface area (Å²) in [5, 5.41) is 8.13. The highest BCUT2D eigenvalue weighted by Crippen LogP contribution is 2.25. The molecular weight excluding hydrogens is 362 g/mol. The first-order valence-electron chi connectivity index (χ1n) is 7.32. The van der Waals surface area contributed by atoms with Gasteiger partial charge in [-0.25, -0.2) is 4.79 Å². The van der Waals surface area contributed by atoms with Crippen molar-refractivity contribution in [1.29, 1.82) is 0 Å². The first-order valence-corrected chi connectivity index (χ1v) is 8.31. The number of aromatic nitrogens is 2. The van der Waals surface area contributed by atoms with Gasteiger partial charge in [0, 0.05) is 0 Å². The van der Waals surface area contributed by atoms with Gasteiger partial charge in [0.25, 0.3) is 22.9 Å². The van der Waals surface area contributed by atoms with Crippen LogP contribution in [0.15, 0.2) is 56.7 Å². The molecule has 0 atom stereocenters. The fraction of sp³-hybridized carbons (Fsp3) is 0.0625. The van der Waals surface area contributed by atoms with Gasteiger partial charge >= 0.3 is 5.97 Å². The number of imide groups is 1. The number of nitrogens with zero attached hydrogens (tertiary/aromatic N) is 3. The highest BCUT2D eigenvalue weighted by Gasteiger charge is 2.38. The third kappa shape index (κ3) is 2.86. The molecule has 0 saturated carbocycles. The van der Waals surface area contributed by atoms with E-state index >= 15 is 0 Å². The molecule has 10 heteroatoms. The quantitative estimate of drug-likeness (QED) is 0.491. The lowest BCUT2D eigenvalue weighted by molar-refractivity contribution is -0.165. The van der Waals surface area contributed by atoms with E-state index in [2.05, 4.69) is 10.2 Å². The van der Waals surface area contributed by atoms with Gasteiger partial charge in [0.2, 0.25) is 0 Å². The van der Waals surface area contributed by atoms with Crippen LogP contribution in [0.25, 0.3) is 11.7 Å². The predicted molar refractivity (Wildman–Crippen MR) is 85.8 cm³/mol. The van der Waals surface area contributed by atoms with Crippen LogP contribution in [0.5, 0.6) is 0 Å². The van der Waals surface area contributed by atoms with Crippen LogP contribution in [0.2, 0.25) is 0 Å². The molecule has 0 fully saturated rings. The van der Waals surface area contributed by atoms with Gasteiger partial charge in [-0.1, -0.05) is 29.0 Å². The van der Waals surface area contributed by atoms with Gasteiger partial charge in [-0.15, -0.1) is 10.2 Å². The van der Waals surface area contributed by atoms with E-state index in [0.29, 0.717) is 10.8 Å². The van der Waals surface area contributed by atoms with E-state index in [-0.39, 0.29) is 28.0 Å². The summed E-state index contributed by atoms with van der Waals surface area (Å²) in [4.78, 5) is 41.1. The molecule has 3 heterocycles. The number of amides is 2. The first-order chi connectivity index (χ1) is 12.6. The summed E-state index contributed by atoms with van der Waals surface area (Å²) in [6.45, 7) is 0. The highest BCUT2D eigenvalue weighted by atomic mass is 32.2. The number of fused-ring (bicyclic) bond motifs is 1. The molecule has 0 radical (unpaired) electrons. The van der Waals surface area contributed by atoms with E-state index in [0.717, 1.165) is 11.8 Å². The van der Waals surface area contributed by atoms with Crippen molar-refractivity contribution in [3.8, 4) is 11.7 Å². The lowest BCUT2D eigenvalue weighted by Crippen LogP contribution is -2.33. The molecular formula is C16H9N3O6S. The van der Waals surface area contributed by atoms with Gasteiger partial charge < -0.3 is 13.7 Å². The summed E-state index contributed by atoms with van der Waals surface area (Å²) in [5.74, 6) is -1.82. The summed E-state index contributed by atoms with van der Waals surface area (Å²) in [7, 11) is 0. The van der Waals surface area contributed by atoms with Crippen molar-refractivity contribution in [2.24, 2.45) is 0 Å². The lowest BCUT2D eigenvalue weighted by atomic mass is 10.1. The maximum Gasteiger partial charge on any atom is 0.343 e. The largest absolute Gasteiger partial charge is 0.459 e. The van der Waals surface area contributed by atoms with E-state index < -0.39 is 17.8 Å². The van der Waals surface area contributed by atoms with E-state index in [1.54, 1.807) is 24.3 Å². The number of thioether (sulfide) groups is 1. The fourth-order valence-corrected chi connectivity index (χ4v) is 2.80. The Kier molecular flexibility index (Phi) is 4.01. The molecule has 2 amide bonds. The minimum Gasteiger partial charge on any atom is -0.459 e. The van der Waals surface area contributed by atoms with Crippen LogP contribution in [-0.2, 0) is 9.63 Å². The van der Waals surface area contributed by atoms with Crippen molar-refractivity contribution in [2.75, 3.05) is 5.75 Å². The molecule has 1 aromatic carbocycles. The first kappa shape index (κ1) is 16.1. The van der Waals surface area contributed by atoms with Crippen molar-refractivity contribution in [1.82, 2.24) is 15.3 Å². The van der Waals surface area contributed by atoms with Gasteiger partial charge in [-0.3, -0.25) is 9.59 Å². The summed E-state index contributed by atoms with van der Waals surface area (Å²) >= 11 is 0.911. The average molecular weight is 371 g/mol. The predicted octanol–water partition coefficient (Wildman–Crippen LogP) is 2.18. The van der Waals surface area contributed by atoms with Crippen molar-refractivity contribution < 1.29 is 28.1 Å². The van der Waals surface area contributed by atoms with Gasteiger partial charge in [0.1, 0.15) is 5.75 Å². The summed E-state index contributed by atoms with van der Waals surface area (Å²) in [5.41, 5.74) is 0.385. The Hall–Kier alpha value is -3.40. The van der Waals surface area contributed by atoms with Gasteiger partial charge in [-0.2, -0.15) is 0 Å². The zero-order valence-corrected chi connectivity index (χ0v) is 13.8. The van der Waals surface area contributed by atoms with Crippen molar-refractivity contribution in [3.63, 3.8) is 0 Å². The number of carbonyl (C=O) groups is 3.